The van der Waals surface area contributed by atoms with Gasteiger partial charge in [-0.05, 0) is 56.1 Å². The summed E-state index contributed by atoms with van der Waals surface area (Å²) in [6.45, 7) is 10.3. The zero-order chi connectivity index (χ0) is 24.4. The van der Waals surface area contributed by atoms with E-state index < -0.39 is 12.1 Å². The normalized spacial score (nSPS) is 22.3. The topological polar surface area (TPSA) is 69.7 Å². The van der Waals surface area contributed by atoms with Crippen molar-refractivity contribution in [3.05, 3.63) is 47.1 Å². The van der Waals surface area contributed by atoms with Gasteiger partial charge in [0.1, 0.15) is 0 Å². The van der Waals surface area contributed by atoms with Crippen LogP contribution in [0.25, 0.3) is 0 Å². The predicted octanol–water partition coefficient (Wildman–Crippen LogP) is 6.20. The molecule has 2 aliphatic rings. The molecule has 0 heterocycles. The van der Waals surface area contributed by atoms with Crippen molar-refractivity contribution < 1.29 is 23.9 Å². The van der Waals surface area contributed by atoms with Gasteiger partial charge in [-0.1, -0.05) is 69.1 Å². The molecule has 0 aliphatic heterocycles. The van der Waals surface area contributed by atoms with Gasteiger partial charge in [-0.3, -0.25) is 14.4 Å². The van der Waals surface area contributed by atoms with Gasteiger partial charge in [0, 0.05) is 6.42 Å². The zero-order valence-corrected chi connectivity index (χ0v) is 20.9. The first kappa shape index (κ1) is 26.8. The number of rotatable bonds is 9. The van der Waals surface area contributed by atoms with Gasteiger partial charge in [0.05, 0.1) is 19.4 Å². The van der Waals surface area contributed by atoms with Crippen LogP contribution in [0.15, 0.2) is 47.1 Å². The maximum atomic E-state index is 12.9. The lowest BCUT2D eigenvalue weighted by molar-refractivity contribution is -0.158. The molecule has 0 amide bonds. The Kier molecular flexibility index (Phi) is 10.3. The van der Waals surface area contributed by atoms with Crippen LogP contribution < -0.4 is 0 Å². The highest BCUT2D eigenvalue weighted by molar-refractivity contribution is 6.01. The second-order valence-corrected chi connectivity index (χ2v) is 9.93. The zero-order valence-electron chi connectivity index (χ0n) is 20.9. The highest BCUT2D eigenvalue weighted by Gasteiger charge is 2.39. The lowest BCUT2D eigenvalue weighted by atomic mass is 9.71. The number of Topliss-reactive ketones (excluding diaryl/α,β-unsaturated/α-hetero) is 1. The van der Waals surface area contributed by atoms with Gasteiger partial charge in [-0.15, -0.1) is 0 Å². The molecule has 0 N–H and O–H groups in total. The number of hydrogen-bond donors (Lipinski definition) is 0. The van der Waals surface area contributed by atoms with E-state index in [4.69, 9.17) is 9.47 Å². The van der Waals surface area contributed by atoms with Crippen molar-refractivity contribution in [1.29, 1.82) is 0 Å². The molecule has 0 aromatic carbocycles. The second-order valence-electron chi connectivity index (χ2n) is 9.93. The fourth-order valence-electron chi connectivity index (χ4n) is 4.57. The van der Waals surface area contributed by atoms with Gasteiger partial charge in [0.2, 0.25) is 0 Å². The molecule has 0 aromatic rings. The fraction of sp³-hybridized carbons (Fsp3) is 0.607. The summed E-state index contributed by atoms with van der Waals surface area (Å²) in [6, 6.07) is 0. The van der Waals surface area contributed by atoms with Crippen molar-refractivity contribution in [2.75, 3.05) is 6.61 Å². The Hall–Kier alpha value is -2.43. The Morgan fingerprint density at radius 1 is 1.09 bits per heavy atom. The third-order valence-electron chi connectivity index (χ3n) is 6.57. The van der Waals surface area contributed by atoms with Gasteiger partial charge in [-0.25, -0.2) is 0 Å². The van der Waals surface area contributed by atoms with Crippen LogP contribution in [0.4, 0.5) is 0 Å². The molecule has 2 aliphatic carbocycles. The molecule has 0 saturated heterocycles. The van der Waals surface area contributed by atoms with E-state index in [-0.39, 0.29) is 30.0 Å². The summed E-state index contributed by atoms with van der Waals surface area (Å²) in [5.74, 6) is -0.636. The van der Waals surface area contributed by atoms with Crippen molar-refractivity contribution in [1.82, 2.24) is 0 Å². The maximum absolute atomic E-state index is 12.9. The molecule has 182 valence electrons. The number of carbonyl (C=O) groups is 3. The lowest BCUT2D eigenvalue weighted by Crippen LogP contribution is -2.39. The smallest absolute Gasteiger partial charge is 0.307 e. The number of hydrogen-bond acceptors (Lipinski definition) is 5. The molecular formula is C28H40O5. The summed E-state index contributed by atoms with van der Waals surface area (Å²) in [5, 5.41) is 0. The van der Waals surface area contributed by atoms with E-state index in [1.807, 2.05) is 44.2 Å². The van der Waals surface area contributed by atoms with Crippen LogP contribution in [-0.4, -0.2) is 30.4 Å². The molecule has 0 spiro atoms. The van der Waals surface area contributed by atoms with Crippen molar-refractivity contribution in [3.63, 3.8) is 0 Å². The number of ether oxygens (including phenoxy) is 2. The number of allylic oxidation sites excluding steroid dienone is 7. The number of carbonyl (C=O) groups excluding carboxylic acids is 3. The fourth-order valence-corrected chi connectivity index (χ4v) is 4.57. The minimum absolute atomic E-state index is 0.0174. The van der Waals surface area contributed by atoms with Crippen LogP contribution in [0.1, 0.15) is 86.0 Å². The average molecular weight is 457 g/mol. The van der Waals surface area contributed by atoms with Crippen molar-refractivity contribution in [3.8, 4) is 0 Å². The van der Waals surface area contributed by atoms with Crippen LogP contribution in [0.3, 0.4) is 0 Å². The van der Waals surface area contributed by atoms with Gasteiger partial charge in [-0.2, -0.15) is 0 Å². The summed E-state index contributed by atoms with van der Waals surface area (Å²) in [6.07, 6.45) is 15.3. The van der Waals surface area contributed by atoms with E-state index in [2.05, 4.69) is 13.8 Å². The summed E-state index contributed by atoms with van der Waals surface area (Å²) >= 11 is 0. The Balaban J connectivity index is 1.90. The quantitative estimate of drug-likeness (QED) is 0.305. The average Bonchev–Trinajstić information content (AvgIpc) is 2.78. The maximum Gasteiger partial charge on any atom is 0.307 e. The third kappa shape index (κ3) is 8.45. The van der Waals surface area contributed by atoms with E-state index >= 15 is 0 Å². The molecule has 5 nitrogen and oxygen atoms in total. The largest absolute Gasteiger partial charge is 0.465 e. The molecule has 2 rings (SSSR count). The number of esters is 2. The van der Waals surface area contributed by atoms with Crippen LogP contribution in [0.2, 0.25) is 0 Å². The molecule has 5 heteroatoms. The minimum atomic E-state index is -0.817. The van der Waals surface area contributed by atoms with Crippen molar-refractivity contribution in [2.24, 2.45) is 11.3 Å². The molecule has 1 saturated carbocycles. The molecule has 0 bridgehead atoms. The highest BCUT2D eigenvalue weighted by atomic mass is 16.5. The molecule has 1 fully saturated rings. The Morgan fingerprint density at radius 2 is 1.76 bits per heavy atom. The Labute approximate surface area is 199 Å². The van der Waals surface area contributed by atoms with Crippen LogP contribution >= 0.6 is 0 Å². The van der Waals surface area contributed by atoms with E-state index in [1.165, 1.54) is 19.3 Å². The van der Waals surface area contributed by atoms with E-state index in [1.54, 1.807) is 6.92 Å². The van der Waals surface area contributed by atoms with Gasteiger partial charge < -0.3 is 9.47 Å². The van der Waals surface area contributed by atoms with E-state index in [9.17, 15) is 14.4 Å². The predicted molar refractivity (Wildman–Crippen MR) is 130 cm³/mol. The molecule has 1 unspecified atom stereocenters. The van der Waals surface area contributed by atoms with Crippen LogP contribution in [-0.2, 0) is 23.9 Å². The summed E-state index contributed by atoms with van der Waals surface area (Å²) < 4.78 is 10.8. The first-order valence-electron chi connectivity index (χ1n) is 12.2. The molecular weight excluding hydrogens is 416 g/mol. The van der Waals surface area contributed by atoms with E-state index in [0.717, 1.165) is 24.0 Å². The Bertz CT molecular complexity index is 834. The first-order chi connectivity index (χ1) is 15.6. The summed E-state index contributed by atoms with van der Waals surface area (Å²) in [7, 11) is 0. The molecule has 0 aromatic heterocycles. The van der Waals surface area contributed by atoms with Crippen molar-refractivity contribution in [2.45, 2.75) is 92.1 Å². The molecule has 0 radical (unpaired) electrons. The monoisotopic (exact) mass is 456 g/mol. The second kappa shape index (κ2) is 12.7. The van der Waals surface area contributed by atoms with Crippen LogP contribution in [0.5, 0.6) is 0 Å². The van der Waals surface area contributed by atoms with Gasteiger partial charge >= 0.3 is 11.9 Å². The highest BCUT2D eigenvalue weighted by Crippen LogP contribution is 2.40. The standard InChI is InChI=1S/C28H40O5/c1-6-7-11-20(2)14-15-23-21(3)27(31)24(18-28(23,4)5)33-26(30)17-16-25(29)32-19-22-12-9-8-10-13-22/h6-7,11,14-15,22,24H,8-10,12-13,16-19H2,1-5H3. The van der Waals surface area contributed by atoms with Gasteiger partial charge in [0.15, 0.2) is 11.9 Å². The van der Waals surface area contributed by atoms with Crippen LogP contribution in [0, 0.1) is 11.3 Å². The minimum Gasteiger partial charge on any atom is -0.465 e. The Morgan fingerprint density at radius 3 is 2.42 bits per heavy atom. The van der Waals surface area contributed by atoms with E-state index in [0.29, 0.717) is 24.5 Å². The third-order valence-corrected chi connectivity index (χ3v) is 6.57. The SMILES string of the molecule is CC=CC=C(C)C=CC1=C(C)C(=O)C(OC(=O)CCC(=O)OCC2CCCCC2)CC1(C)C. The summed E-state index contributed by atoms with van der Waals surface area (Å²) in [4.78, 5) is 37.3. The molecule has 1 atom stereocenters. The van der Waals surface area contributed by atoms with Gasteiger partial charge in [0.25, 0.3) is 0 Å². The van der Waals surface area contributed by atoms with Crippen molar-refractivity contribution >= 4 is 17.7 Å². The lowest BCUT2D eigenvalue weighted by Gasteiger charge is -2.36. The molecule has 33 heavy (non-hydrogen) atoms. The first-order valence-corrected chi connectivity index (χ1v) is 12.2. The summed E-state index contributed by atoms with van der Waals surface area (Å²) in [5.41, 5.74) is 2.34. The number of ketones is 1.